The number of hydrogen-bond acceptors (Lipinski definition) is 6. The summed E-state index contributed by atoms with van der Waals surface area (Å²) in [5, 5.41) is 12.2. The molecule has 3 heterocycles. The molecule has 0 atom stereocenters. The van der Waals surface area contributed by atoms with Crippen LogP contribution in [0.3, 0.4) is 0 Å². The number of allylic oxidation sites excluding steroid dienone is 2. The van der Waals surface area contributed by atoms with E-state index in [9.17, 15) is 9.90 Å². The van der Waals surface area contributed by atoms with E-state index in [2.05, 4.69) is 81.0 Å². The number of pyridine rings is 1. The Bertz CT molecular complexity index is 1910. The quantitative estimate of drug-likeness (QED) is 0.0809. The summed E-state index contributed by atoms with van der Waals surface area (Å²) >= 11 is 0. The molecule has 3 aromatic heterocycles. The number of fused-ring (bicyclic) bond motifs is 2. The van der Waals surface area contributed by atoms with Crippen molar-refractivity contribution in [3.05, 3.63) is 90.1 Å². The Morgan fingerprint density at radius 2 is 1.58 bits per heavy atom. The zero-order valence-electron chi connectivity index (χ0n) is 31.5. The fraction of sp³-hybridized carbons (Fsp3) is 0.442. The normalized spacial score (nSPS) is 12.3. The maximum absolute atomic E-state index is 12.0. The van der Waals surface area contributed by atoms with Gasteiger partial charge in [-0.25, -0.2) is 9.97 Å². The molecule has 6 nitrogen and oxygen atoms in total. The molecule has 0 spiro atoms. The number of hydrogen-bond donors (Lipinski definition) is 1. The van der Waals surface area contributed by atoms with E-state index in [1.54, 1.807) is 6.33 Å². The second kappa shape index (κ2) is 17.5. The van der Waals surface area contributed by atoms with Crippen LogP contribution in [0.5, 0.6) is 0 Å². The Balaban J connectivity index is 0.000000340. The molecule has 0 bridgehead atoms. The molecule has 2 aromatic carbocycles. The second-order valence-corrected chi connectivity index (χ2v) is 14.8. The molecule has 1 N–H and O–H groups in total. The van der Waals surface area contributed by atoms with Gasteiger partial charge in [-0.05, 0) is 61.6 Å². The molecule has 0 aliphatic heterocycles. The predicted octanol–water partition coefficient (Wildman–Crippen LogP) is 11.7. The van der Waals surface area contributed by atoms with E-state index < -0.39 is 0 Å². The number of aromatic nitrogens is 3. The smallest absolute Gasteiger partial charge is 0.164 e. The molecule has 0 fully saturated rings. The summed E-state index contributed by atoms with van der Waals surface area (Å²) in [5.41, 5.74) is 6.17. The molecule has 0 unspecified atom stereocenters. The van der Waals surface area contributed by atoms with Crippen LogP contribution in [0.25, 0.3) is 44.6 Å². The number of aliphatic hydroxyl groups is 1. The number of rotatable bonds is 11. The maximum atomic E-state index is 12.0. The average Bonchev–Trinajstić information content (AvgIpc) is 3.51. The van der Waals surface area contributed by atoms with Crippen molar-refractivity contribution in [1.29, 1.82) is 0 Å². The van der Waals surface area contributed by atoms with Crippen molar-refractivity contribution in [2.24, 2.45) is 17.3 Å². The number of ketones is 1. The number of nitrogens with zero attached hydrogens (tertiary/aromatic N) is 3. The van der Waals surface area contributed by atoms with Crippen molar-refractivity contribution < 1.29 is 34.4 Å². The van der Waals surface area contributed by atoms with Crippen LogP contribution in [0, 0.1) is 23.3 Å². The number of benzene rings is 2. The Labute approximate surface area is 312 Å². The van der Waals surface area contributed by atoms with Crippen LogP contribution in [0.15, 0.2) is 77.2 Å². The molecular formula is C43H54IrN3O3-. The first-order chi connectivity index (χ1) is 23.2. The third-order valence-corrected chi connectivity index (χ3v) is 9.67. The van der Waals surface area contributed by atoms with Crippen molar-refractivity contribution in [2.75, 3.05) is 0 Å². The number of carbonyl (C=O) groups excluding carboxylic acids is 1. The molecule has 0 saturated heterocycles. The SMILES string of the molecule is CC(C)Cc1ccc2oc(-c3cc(-c4[c-]c5ccccc5c(C(C)(C)C)c4)ncn3)cc2n1.CCC(CC)/C(O)=C/C(=O)C(C)(CC)CC.[Ir]. The van der Waals surface area contributed by atoms with Gasteiger partial charge in [0.15, 0.2) is 17.1 Å². The summed E-state index contributed by atoms with van der Waals surface area (Å²) in [6, 6.07) is 22.1. The summed E-state index contributed by atoms with van der Waals surface area (Å²) in [4.78, 5) is 25.9. The zero-order valence-corrected chi connectivity index (χ0v) is 33.9. The average molecular weight is 853 g/mol. The van der Waals surface area contributed by atoms with Gasteiger partial charge in [0, 0.05) is 55.0 Å². The van der Waals surface area contributed by atoms with Crippen LogP contribution >= 0.6 is 0 Å². The van der Waals surface area contributed by atoms with E-state index in [4.69, 9.17) is 9.40 Å². The molecule has 0 amide bonds. The number of furan rings is 1. The van der Waals surface area contributed by atoms with Crippen LogP contribution in [0.4, 0.5) is 0 Å². The van der Waals surface area contributed by atoms with Gasteiger partial charge < -0.3 is 9.52 Å². The fourth-order valence-electron chi connectivity index (χ4n) is 5.98. The fourth-order valence-corrected chi connectivity index (χ4v) is 5.98. The van der Waals surface area contributed by atoms with Crippen molar-refractivity contribution >= 4 is 27.7 Å². The van der Waals surface area contributed by atoms with E-state index in [0.29, 0.717) is 11.7 Å². The monoisotopic (exact) mass is 853 g/mol. The standard InChI is InChI=1S/C29H28N3O.C14H26O2.Ir/c1-18(2)12-21-10-11-27-26(32-21)16-28(33-27)25-15-24(30-17-31-25)20-13-19-8-6-7-9-22(19)23(14-20)29(3,4)5;1-6-11(7-2)12(15)10-13(16)14(5,8-3)9-4;/h6-11,14-18H,12H2,1-5H3;10-11,15H,6-9H2,1-5H3;/q-1;;/b;12-10-;. The van der Waals surface area contributed by atoms with Gasteiger partial charge >= 0.3 is 0 Å². The van der Waals surface area contributed by atoms with Crippen molar-refractivity contribution in [3.8, 4) is 22.7 Å². The molecule has 5 rings (SSSR count). The third-order valence-electron chi connectivity index (χ3n) is 9.67. The first kappa shape index (κ1) is 40.8. The molecule has 0 aliphatic rings. The largest absolute Gasteiger partial charge is 0.512 e. The second-order valence-electron chi connectivity index (χ2n) is 14.8. The Morgan fingerprint density at radius 1 is 0.920 bits per heavy atom. The van der Waals surface area contributed by atoms with E-state index in [0.717, 1.165) is 71.2 Å². The Hall–Kier alpha value is -3.67. The minimum atomic E-state index is -0.319. The van der Waals surface area contributed by atoms with Crippen LogP contribution in [-0.2, 0) is 36.7 Å². The first-order valence-corrected chi connectivity index (χ1v) is 17.9. The van der Waals surface area contributed by atoms with Crippen LogP contribution in [-0.4, -0.2) is 25.8 Å². The van der Waals surface area contributed by atoms with Crippen molar-refractivity contribution in [1.82, 2.24) is 15.0 Å². The minimum Gasteiger partial charge on any atom is -0.512 e. The van der Waals surface area contributed by atoms with Gasteiger partial charge in [0.2, 0.25) is 0 Å². The number of carbonyl (C=O) groups is 1. The molecule has 7 heteroatoms. The maximum Gasteiger partial charge on any atom is 0.164 e. The van der Waals surface area contributed by atoms with Gasteiger partial charge in [-0.1, -0.05) is 98.4 Å². The summed E-state index contributed by atoms with van der Waals surface area (Å²) < 4.78 is 6.09. The van der Waals surface area contributed by atoms with Gasteiger partial charge in [0.05, 0.1) is 5.76 Å². The van der Waals surface area contributed by atoms with E-state index in [1.165, 1.54) is 17.0 Å². The molecular weight excluding hydrogens is 799 g/mol. The van der Waals surface area contributed by atoms with Crippen LogP contribution in [0.1, 0.15) is 106 Å². The minimum absolute atomic E-state index is 0. The zero-order chi connectivity index (χ0) is 35.9. The van der Waals surface area contributed by atoms with Gasteiger partial charge in [-0.3, -0.25) is 9.78 Å². The van der Waals surface area contributed by atoms with Crippen molar-refractivity contribution in [2.45, 2.75) is 107 Å². The van der Waals surface area contributed by atoms with E-state index in [1.807, 2.05) is 58.9 Å². The van der Waals surface area contributed by atoms with Gasteiger partial charge in [-0.2, -0.15) is 0 Å². The molecule has 269 valence electrons. The molecule has 0 saturated carbocycles. The van der Waals surface area contributed by atoms with Gasteiger partial charge in [0.1, 0.15) is 17.5 Å². The summed E-state index contributed by atoms with van der Waals surface area (Å²) in [6.07, 6.45) is 7.37. The molecule has 1 radical (unpaired) electrons. The van der Waals surface area contributed by atoms with Crippen molar-refractivity contribution in [3.63, 3.8) is 0 Å². The third kappa shape index (κ3) is 9.76. The Kier molecular flexibility index (Phi) is 14.3. The predicted molar refractivity (Wildman–Crippen MR) is 203 cm³/mol. The van der Waals surface area contributed by atoms with E-state index in [-0.39, 0.29) is 48.4 Å². The summed E-state index contributed by atoms with van der Waals surface area (Å²) in [6.45, 7) is 21.2. The van der Waals surface area contributed by atoms with E-state index >= 15 is 0 Å². The summed E-state index contributed by atoms with van der Waals surface area (Å²) in [7, 11) is 0. The molecule has 50 heavy (non-hydrogen) atoms. The van der Waals surface area contributed by atoms with Crippen LogP contribution < -0.4 is 0 Å². The Morgan fingerprint density at radius 3 is 2.20 bits per heavy atom. The van der Waals surface area contributed by atoms with Crippen LogP contribution in [0.2, 0.25) is 0 Å². The first-order valence-electron chi connectivity index (χ1n) is 17.9. The topological polar surface area (TPSA) is 89.1 Å². The molecule has 0 aliphatic carbocycles. The molecule has 5 aromatic rings. The van der Waals surface area contributed by atoms with Gasteiger partial charge in [-0.15, -0.1) is 29.1 Å². The van der Waals surface area contributed by atoms with Gasteiger partial charge in [0.25, 0.3) is 0 Å². The summed E-state index contributed by atoms with van der Waals surface area (Å²) in [5.74, 6) is 1.69. The number of aliphatic hydroxyl groups excluding tert-OH is 1.